The van der Waals surface area contributed by atoms with E-state index < -0.39 is 29.4 Å². The van der Waals surface area contributed by atoms with Gasteiger partial charge in [0.2, 0.25) is 0 Å². The number of rotatable bonds is 3. The summed E-state index contributed by atoms with van der Waals surface area (Å²) in [6, 6.07) is 17.5. The number of aliphatic hydroxyl groups excluding tert-OH is 1. The van der Waals surface area contributed by atoms with Crippen LogP contribution >= 0.6 is 0 Å². The summed E-state index contributed by atoms with van der Waals surface area (Å²) in [5.74, 6) is -4.35. The van der Waals surface area contributed by atoms with Crippen molar-refractivity contribution < 1.29 is 23.5 Å². The molecule has 0 radical (unpaired) electrons. The Bertz CT molecular complexity index is 1190. The van der Waals surface area contributed by atoms with Gasteiger partial charge in [0.15, 0.2) is 11.6 Å². The molecule has 3 aromatic carbocycles. The highest BCUT2D eigenvalue weighted by Crippen LogP contribution is 2.43. The molecule has 150 valence electrons. The van der Waals surface area contributed by atoms with Crippen LogP contribution < -0.4 is 4.90 Å². The van der Waals surface area contributed by atoms with Crippen LogP contribution in [0.15, 0.2) is 78.4 Å². The number of aliphatic hydroxyl groups is 1. The summed E-state index contributed by atoms with van der Waals surface area (Å²) in [7, 11) is 0. The largest absolute Gasteiger partial charge is 0.507 e. The minimum atomic E-state index is -1.14. The highest BCUT2D eigenvalue weighted by molar-refractivity contribution is 6.51. The molecule has 1 N–H and O–H groups in total. The van der Waals surface area contributed by atoms with Crippen molar-refractivity contribution in [2.45, 2.75) is 13.0 Å². The zero-order valence-electron chi connectivity index (χ0n) is 16.0. The van der Waals surface area contributed by atoms with E-state index >= 15 is 0 Å². The molecule has 1 atom stereocenters. The molecule has 4 nitrogen and oxygen atoms in total. The van der Waals surface area contributed by atoms with E-state index in [2.05, 4.69) is 0 Å². The van der Waals surface area contributed by atoms with Crippen molar-refractivity contribution in [1.29, 1.82) is 0 Å². The molecular weight excluding hydrogens is 388 g/mol. The topological polar surface area (TPSA) is 57.6 Å². The lowest BCUT2D eigenvalue weighted by Crippen LogP contribution is -2.30. The first-order valence-corrected chi connectivity index (χ1v) is 9.27. The van der Waals surface area contributed by atoms with Gasteiger partial charge in [-0.05, 0) is 30.2 Å². The van der Waals surface area contributed by atoms with E-state index in [4.69, 9.17) is 0 Å². The summed E-state index contributed by atoms with van der Waals surface area (Å²) in [6.45, 7) is 1.81. The maximum atomic E-state index is 13.9. The Balaban J connectivity index is 1.99. The van der Waals surface area contributed by atoms with Gasteiger partial charge in [0.05, 0.1) is 11.6 Å². The molecule has 1 aliphatic heterocycles. The Kier molecular flexibility index (Phi) is 4.91. The Morgan fingerprint density at radius 1 is 0.900 bits per heavy atom. The number of carbonyl (C=O) groups excluding carboxylic acids is 2. The second kappa shape index (κ2) is 7.55. The first-order chi connectivity index (χ1) is 14.4. The van der Waals surface area contributed by atoms with Crippen LogP contribution in [0.1, 0.15) is 22.7 Å². The number of Topliss-reactive ketones (excluding diaryl/α,β-unsaturated/α-hetero) is 1. The Morgan fingerprint density at radius 3 is 2.23 bits per heavy atom. The monoisotopic (exact) mass is 405 g/mol. The van der Waals surface area contributed by atoms with Crippen LogP contribution in [0.3, 0.4) is 0 Å². The zero-order chi connectivity index (χ0) is 21.4. The van der Waals surface area contributed by atoms with Crippen LogP contribution in [0.25, 0.3) is 5.76 Å². The summed E-state index contributed by atoms with van der Waals surface area (Å²) in [4.78, 5) is 27.0. The number of hydrogen-bond acceptors (Lipinski definition) is 3. The summed E-state index contributed by atoms with van der Waals surface area (Å²) in [5.41, 5.74) is 1.66. The lowest BCUT2D eigenvalue weighted by molar-refractivity contribution is -0.132. The average molecular weight is 405 g/mol. The van der Waals surface area contributed by atoms with E-state index in [1.54, 1.807) is 48.5 Å². The SMILES string of the molecule is Cc1ccccc1C1/C(=C(\O)c2ccccc2)C(=O)C(=O)N1c1ccc(F)c(F)c1. The van der Waals surface area contributed by atoms with Crippen LogP contribution in [0.2, 0.25) is 0 Å². The van der Waals surface area contributed by atoms with E-state index in [-0.39, 0.29) is 17.0 Å². The van der Waals surface area contributed by atoms with Gasteiger partial charge in [-0.25, -0.2) is 8.78 Å². The summed E-state index contributed by atoms with van der Waals surface area (Å²) in [5, 5.41) is 10.9. The minimum Gasteiger partial charge on any atom is -0.507 e. The van der Waals surface area contributed by atoms with Gasteiger partial charge in [0.25, 0.3) is 11.7 Å². The standard InChI is InChI=1S/C24H17F2NO3/c1-14-7-5-6-10-17(14)21-20(22(28)15-8-3-2-4-9-15)23(29)24(30)27(21)16-11-12-18(25)19(26)13-16/h2-13,21,28H,1H3/b22-20+. The molecule has 30 heavy (non-hydrogen) atoms. The van der Waals surface area contributed by atoms with E-state index in [1.807, 2.05) is 13.0 Å². The van der Waals surface area contributed by atoms with Gasteiger partial charge >= 0.3 is 0 Å². The second-order valence-corrected chi connectivity index (χ2v) is 6.99. The summed E-state index contributed by atoms with van der Waals surface area (Å²) in [6.07, 6.45) is 0. The molecule has 1 fully saturated rings. The van der Waals surface area contributed by atoms with Crippen molar-refractivity contribution >= 4 is 23.1 Å². The van der Waals surface area contributed by atoms with E-state index in [1.165, 1.54) is 6.07 Å². The molecule has 0 spiro atoms. The fourth-order valence-corrected chi connectivity index (χ4v) is 3.67. The third-order valence-corrected chi connectivity index (χ3v) is 5.16. The minimum absolute atomic E-state index is 0.0244. The number of amides is 1. The second-order valence-electron chi connectivity index (χ2n) is 6.99. The van der Waals surface area contributed by atoms with E-state index in [9.17, 15) is 23.5 Å². The van der Waals surface area contributed by atoms with Gasteiger partial charge in [0.1, 0.15) is 5.76 Å². The third-order valence-electron chi connectivity index (χ3n) is 5.16. The molecule has 1 amide bonds. The number of aryl methyl sites for hydroxylation is 1. The van der Waals surface area contributed by atoms with E-state index in [0.717, 1.165) is 22.6 Å². The quantitative estimate of drug-likeness (QED) is 0.383. The zero-order valence-corrected chi connectivity index (χ0v) is 16.0. The summed E-state index contributed by atoms with van der Waals surface area (Å²) >= 11 is 0. The molecule has 0 saturated carbocycles. The van der Waals surface area contributed by atoms with Crippen molar-refractivity contribution in [3.05, 3.63) is 107 Å². The maximum absolute atomic E-state index is 13.9. The lowest BCUT2D eigenvalue weighted by atomic mass is 9.92. The van der Waals surface area contributed by atoms with Gasteiger partial charge in [-0.1, -0.05) is 54.6 Å². The molecule has 4 rings (SSSR count). The van der Waals surface area contributed by atoms with Crippen LogP contribution in [0.5, 0.6) is 0 Å². The number of benzene rings is 3. The number of anilines is 1. The smallest absolute Gasteiger partial charge is 0.300 e. The van der Waals surface area contributed by atoms with Crippen molar-refractivity contribution in [2.75, 3.05) is 4.90 Å². The summed E-state index contributed by atoms with van der Waals surface area (Å²) < 4.78 is 27.4. The predicted octanol–water partition coefficient (Wildman–Crippen LogP) is 4.90. The Hall–Kier alpha value is -3.80. The maximum Gasteiger partial charge on any atom is 0.300 e. The van der Waals surface area contributed by atoms with Crippen LogP contribution in [-0.4, -0.2) is 16.8 Å². The molecule has 1 heterocycles. The molecule has 1 aliphatic rings. The number of ketones is 1. The molecule has 3 aromatic rings. The van der Waals surface area contributed by atoms with Crippen molar-refractivity contribution in [3.63, 3.8) is 0 Å². The normalized spacial score (nSPS) is 18.1. The molecular formula is C24H17F2NO3. The average Bonchev–Trinajstić information content (AvgIpc) is 3.01. The van der Waals surface area contributed by atoms with Crippen LogP contribution in [0, 0.1) is 18.6 Å². The van der Waals surface area contributed by atoms with Gasteiger partial charge in [-0.2, -0.15) is 0 Å². The Labute approximate surface area is 171 Å². The Morgan fingerprint density at radius 2 is 1.57 bits per heavy atom. The van der Waals surface area contributed by atoms with Gasteiger partial charge in [0, 0.05) is 17.3 Å². The van der Waals surface area contributed by atoms with Crippen LogP contribution in [0.4, 0.5) is 14.5 Å². The fraction of sp³-hybridized carbons (Fsp3) is 0.0833. The molecule has 0 aromatic heterocycles. The third kappa shape index (κ3) is 3.16. The molecule has 1 saturated heterocycles. The van der Waals surface area contributed by atoms with Crippen molar-refractivity contribution in [3.8, 4) is 0 Å². The molecule has 1 unspecified atom stereocenters. The number of halogens is 2. The van der Waals surface area contributed by atoms with Crippen molar-refractivity contribution in [2.24, 2.45) is 0 Å². The first-order valence-electron chi connectivity index (χ1n) is 9.27. The molecule has 0 bridgehead atoms. The molecule has 0 aliphatic carbocycles. The van der Waals surface area contributed by atoms with Crippen LogP contribution in [-0.2, 0) is 9.59 Å². The van der Waals surface area contributed by atoms with Crippen molar-refractivity contribution in [1.82, 2.24) is 0 Å². The lowest BCUT2D eigenvalue weighted by Gasteiger charge is -2.26. The fourth-order valence-electron chi connectivity index (χ4n) is 3.67. The van der Waals surface area contributed by atoms with E-state index in [0.29, 0.717) is 11.1 Å². The van der Waals surface area contributed by atoms with Gasteiger partial charge in [-0.3, -0.25) is 14.5 Å². The van der Waals surface area contributed by atoms with Gasteiger partial charge in [-0.15, -0.1) is 0 Å². The number of nitrogens with zero attached hydrogens (tertiary/aromatic N) is 1. The predicted molar refractivity (Wildman–Crippen MR) is 109 cm³/mol. The highest BCUT2D eigenvalue weighted by atomic mass is 19.2. The highest BCUT2D eigenvalue weighted by Gasteiger charge is 2.47. The van der Waals surface area contributed by atoms with Gasteiger partial charge < -0.3 is 5.11 Å². The number of carbonyl (C=O) groups is 2. The first kappa shape index (κ1) is 19.5. The molecule has 6 heteroatoms. The number of hydrogen-bond donors (Lipinski definition) is 1.